The van der Waals surface area contributed by atoms with Crippen LogP contribution in [0.3, 0.4) is 0 Å². The van der Waals surface area contributed by atoms with Gasteiger partial charge in [-0.15, -0.1) is 0 Å². The third kappa shape index (κ3) is 7.61. The van der Waals surface area contributed by atoms with Gasteiger partial charge < -0.3 is 30.7 Å². The van der Waals surface area contributed by atoms with Gasteiger partial charge in [-0.05, 0) is 79.2 Å². The second-order valence-corrected chi connectivity index (χ2v) is 15.4. The third-order valence-electron chi connectivity index (χ3n) is 11.5. The first-order chi connectivity index (χ1) is 23.1. The van der Waals surface area contributed by atoms with Crippen molar-refractivity contribution < 1.29 is 24.3 Å². The average Bonchev–Trinajstić information content (AvgIpc) is 3.41. The number of fused-ring (bicyclic) bond motifs is 2. The van der Waals surface area contributed by atoms with Crippen LogP contribution in [0.5, 0.6) is 5.75 Å². The standard InChI is InChI=1S/C39H57N5O5/c1-22(2)40-19-26-14-28(16-30(15-26)43(8)9)31-13-11-12-27(37(31)48-10)21-44-36(35(24(4)45)34(49-44)20-41-25(5)46)38(47)42-33-18-29-17-32(23(33)3)39(29,6)7/h11-16,23-24,29,32-36,40,45H,1,17-21H2,2-10H3,(H,41,46)(H,42,47)/t23-,24-,29+,32-,33-,34-,35-,36-/m0/s1. The molecule has 0 radical (unpaired) electrons. The second-order valence-electron chi connectivity index (χ2n) is 15.4. The number of aliphatic hydroxyl groups excluding tert-OH is 1. The molecule has 3 aliphatic carbocycles. The van der Waals surface area contributed by atoms with Crippen molar-refractivity contribution in [3.05, 3.63) is 59.8 Å². The van der Waals surface area contributed by atoms with Gasteiger partial charge in [0.05, 0.1) is 19.8 Å². The van der Waals surface area contributed by atoms with Crippen LogP contribution in [-0.2, 0) is 27.5 Å². The summed E-state index contributed by atoms with van der Waals surface area (Å²) in [6.45, 7) is 17.1. The second kappa shape index (κ2) is 14.7. The molecule has 1 aliphatic heterocycles. The number of nitrogens with one attached hydrogen (secondary N) is 3. The van der Waals surface area contributed by atoms with Crippen molar-refractivity contribution in [2.75, 3.05) is 32.6 Å². The van der Waals surface area contributed by atoms with E-state index in [2.05, 4.69) is 66.4 Å². The van der Waals surface area contributed by atoms with Gasteiger partial charge in [0.2, 0.25) is 11.8 Å². The molecule has 0 spiro atoms. The predicted octanol–water partition coefficient (Wildman–Crippen LogP) is 4.86. The summed E-state index contributed by atoms with van der Waals surface area (Å²) in [6, 6.07) is 11.7. The summed E-state index contributed by atoms with van der Waals surface area (Å²) in [4.78, 5) is 34.8. The largest absolute Gasteiger partial charge is 0.496 e. The first-order valence-electron chi connectivity index (χ1n) is 17.7. The van der Waals surface area contributed by atoms with Crippen molar-refractivity contribution in [2.45, 2.75) is 91.8 Å². The maximum absolute atomic E-state index is 14.4. The maximum atomic E-state index is 14.4. The van der Waals surface area contributed by atoms with E-state index in [1.54, 1.807) is 19.1 Å². The number of hydroxylamine groups is 2. The molecule has 6 rings (SSSR count). The molecule has 49 heavy (non-hydrogen) atoms. The summed E-state index contributed by atoms with van der Waals surface area (Å²) >= 11 is 0. The summed E-state index contributed by atoms with van der Waals surface area (Å²) < 4.78 is 6.09. The number of anilines is 1. The Morgan fingerprint density at radius 3 is 2.49 bits per heavy atom. The molecule has 4 aliphatic rings. The number of allylic oxidation sites excluding steroid dienone is 1. The highest BCUT2D eigenvalue weighted by Gasteiger charge is 2.57. The number of amides is 2. The monoisotopic (exact) mass is 675 g/mol. The average molecular weight is 676 g/mol. The van der Waals surface area contributed by atoms with E-state index in [1.807, 2.05) is 39.2 Å². The Balaban J connectivity index is 1.47. The Morgan fingerprint density at radius 1 is 1.16 bits per heavy atom. The zero-order chi connectivity index (χ0) is 35.8. The minimum Gasteiger partial charge on any atom is -0.496 e. The Labute approximate surface area is 292 Å². The maximum Gasteiger partial charge on any atom is 0.240 e. The van der Waals surface area contributed by atoms with Crippen LogP contribution in [0.2, 0.25) is 0 Å². The molecule has 2 bridgehead atoms. The lowest BCUT2D eigenvalue weighted by atomic mass is 9.45. The van der Waals surface area contributed by atoms with Gasteiger partial charge in [0.25, 0.3) is 0 Å². The van der Waals surface area contributed by atoms with Gasteiger partial charge in [0, 0.05) is 68.6 Å². The van der Waals surface area contributed by atoms with Gasteiger partial charge in [-0.1, -0.05) is 45.5 Å². The van der Waals surface area contributed by atoms with Gasteiger partial charge in [-0.3, -0.25) is 14.4 Å². The Hall–Kier alpha value is -3.60. The van der Waals surface area contributed by atoms with E-state index in [0.717, 1.165) is 40.1 Å². The van der Waals surface area contributed by atoms with Crippen LogP contribution in [0.4, 0.5) is 5.69 Å². The molecule has 0 unspecified atom stereocenters. The number of hydrogen-bond donors (Lipinski definition) is 4. The number of hydrogen-bond acceptors (Lipinski definition) is 8. The summed E-state index contributed by atoms with van der Waals surface area (Å²) in [7, 11) is 5.70. The molecular formula is C39H57N5O5. The molecule has 1 heterocycles. The lowest BCUT2D eigenvalue weighted by molar-refractivity contribution is -0.177. The van der Waals surface area contributed by atoms with Gasteiger partial charge in [0.1, 0.15) is 17.9 Å². The Morgan fingerprint density at radius 2 is 1.90 bits per heavy atom. The molecule has 268 valence electrons. The lowest BCUT2D eigenvalue weighted by Crippen LogP contribution is -2.62. The molecule has 3 saturated carbocycles. The number of aliphatic hydroxyl groups is 1. The fourth-order valence-corrected chi connectivity index (χ4v) is 8.54. The van der Waals surface area contributed by atoms with E-state index >= 15 is 0 Å². The van der Waals surface area contributed by atoms with Crippen LogP contribution in [-0.4, -0.2) is 74.0 Å². The summed E-state index contributed by atoms with van der Waals surface area (Å²) in [6.07, 6.45) is 0.715. The number of rotatable bonds is 13. The molecule has 10 heteroatoms. The van der Waals surface area contributed by atoms with Crippen molar-refractivity contribution in [2.24, 2.45) is 29.1 Å². The Kier molecular flexibility index (Phi) is 11.0. The Bertz CT molecular complexity index is 1540. The van der Waals surface area contributed by atoms with Crippen molar-refractivity contribution in [1.29, 1.82) is 0 Å². The molecular weight excluding hydrogens is 618 g/mol. The van der Waals surface area contributed by atoms with E-state index in [9.17, 15) is 14.7 Å². The number of benzene rings is 2. The summed E-state index contributed by atoms with van der Waals surface area (Å²) in [5, 5.41) is 22.4. The molecule has 2 aromatic carbocycles. The van der Waals surface area contributed by atoms with Gasteiger partial charge >= 0.3 is 0 Å². The predicted molar refractivity (Wildman–Crippen MR) is 194 cm³/mol. The molecule has 2 amide bonds. The third-order valence-corrected chi connectivity index (χ3v) is 11.5. The topological polar surface area (TPSA) is 115 Å². The minimum atomic E-state index is -0.858. The zero-order valence-electron chi connectivity index (χ0n) is 30.8. The molecule has 2 aromatic rings. The van der Waals surface area contributed by atoms with Gasteiger partial charge in [0.15, 0.2) is 0 Å². The minimum absolute atomic E-state index is 0.0607. The number of nitrogens with zero attached hydrogens (tertiary/aromatic N) is 2. The SMILES string of the molecule is C=C(C)NCc1cc(-c2cccc(CN3O[C@@H](CNC(C)=O)[C@H]([C@H](C)O)[C@H]3C(=O)N[C@H]3C[C@H]4C[C@@H]([C@@H]3C)C4(C)C)c2OC)cc(N(C)C)c1. The molecule has 0 aromatic heterocycles. The van der Waals surface area contributed by atoms with Crippen LogP contribution in [0.15, 0.2) is 48.7 Å². The highest BCUT2D eigenvalue weighted by molar-refractivity contribution is 5.83. The number of methoxy groups -OCH3 is 1. The van der Waals surface area contributed by atoms with Crippen molar-refractivity contribution in [1.82, 2.24) is 21.0 Å². The van der Waals surface area contributed by atoms with Gasteiger partial charge in [-0.2, -0.15) is 5.06 Å². The van der Waals surface area contributed by atoms with Crippen LogP contribution >= 0.6 is 0 Å². The van der Waals surface area contributed by atoms with Crippen molar-refractivity contribution in [3.63, 3.8) is 0 Å². The highest BCUT2D eigenvalue weighted by atomic mass is 16.7. The van der Waals surface area contributed by atoms with Crippen LogP contribution in [0.1, 0.15) is 65.5 Å². The number of carbonyl (C=O) groups excluding carboxylic acids is 2. The van der Waals surface area contributed by atoms with Crippen LogP contribution in [0, 0.1) is 29.1 Å². The first kappa shape index (κ1) is 36.7. The summed E-state index contributed by atoms with van der Waals surface area (Å²) in [5.41, 5.74) is 6.11. The molecule has 10 nitrogen and oxygen atoms in total. The van der Waals surface area contributed by atoms with Crippen molar-refractivity contribution >= 4 is 17.5 Å². The number of carbonyl (C=O) groups is 2. The molecule has 4 fully saturated rings. The van der Waals surface area contributed by atoms with Crippen LogP contribution in [0.25, 0.3) is 11.1 Å². The van der Waals surface area contributed by atoms with E-state index in [0.29, 0.717) is 35.5 Å². The smallest absolute Gasteiger partial charge is 0.240 e. The van der Waals surface area contributed by atoms with E-state index < -0.39 is 24.2 Å². The normalized spacial score (nSPS) is 27.8. The quantitative estimate of drug-likeness (QED) is 0.238. The molecule has 8 atom stereocenters. The fraction of sp³-hybridized carbons (Fsp3) is 0.590. The van der Waals surface area contributed by atoms with E-state index in [1.165, 1.54) is 13.3 Å². The highest BCUT2D eigenvalue weighted by Crippen LogP contribution is 2.61. The van der Waals surface area contributed by atoms with E-state index in [4.69, 9.17) is 9.57 Å². The van der Waals surface area contributed by atoms with Gasteiger partial charge in [-0.25, -0.2) is 0 Å². The molecule has 4 N–H and O–H groups in total. The summed E-state index contributed by atoms with van der Waals surface area (Å²) in [5.74, 6) is 1.28. The zero-order valence-corrected chi connectivity index (χ0v) is 30.8. The number of ether oxygens (including phenoxy) is 1. The van der Waals surface area contributed by atoms with Crippen LogP contribution < -0.4 is 25.6 Å². The molecule has 1 saturated heterocycles. The number of para-hydroxylation sites is 1. The van der Waals surface area contributed by atoms with E-state index in [-0.39, 0.29) is 30.9 Å². The fourth-order valence-electron chi connectivity index (χ4n) is 8.54. The lowest BCUT2D eigenvalue weighted by Gasteiger charge is -2.62. The van der Waals surface area contributed by atoms with Crippen molar-refractivity contribution in [3.8, 4) is 16.9 Å². The first-order valence-corrected chi connectivity index (χ1v) is 17.7.